The van der Waals surface area contributed by atoms with Gasteiger partial charge in [0.05, 0.1) is 11.0 Å². The molecule has 8 nitrogen and oxygen atoms in total. The third-order valence-corrected chi connectivity index (χ3v) is 7.26. The third-order valence-electron chi connectivity index (χ3n) is 6.69. The maximum Gasteiger partial charge on any atom is 0.266 e. The monoisotopic (exact) mass is 520 g/mol. The summed E-state index contributed by atoms with van der Waals surface area (Å²) in [6.45, 7) is 2.45. The molecular formula is C25H25BrN6O2. The number of benzene rings is 1. The second-order valence-corrected chi connectivity index (χ2v) is 9.92. The second-order valence-electron chi connectivity index (χ2n) is 9.06. The van der Waals surface area contributed by atoms with Crippen molar-refractivity contribution >= 4 is 38.6 Å². The molecule has 0 atom stereocenters. The molecule has 0 amide bonds. The molecule has 1 saturated heterocycles. The average Bonchev–Trinajstić information content (AvgIpc) is 3.61. The normalized spacial score (nSPS) is 16.7. The Morgan fingerprint density at radius 1 is 1.09 bits per heavy atom. The van der Waals surface area contributed by atoms with Gasteiger partial charge in [0.2, 0.25) is 5.95 Å². The van der Waals surface area contributed by atoms with Crippen molar-refractivity contribution in [2.45, 2.75) is 44.1 Å². The lowest BCUT2D eigenvalue weighted by Gasteiger charge is -2.23. The van der Waals surface area contributed by atoms with Crippen molar-refractivity contribution < 1.29 is 4.42 Å². The second kappa shape index (κ2) is 8.96. The fourth-order valence-electron chi connectivity index (χ4n) is 4.68. The number of rotatable bonds is 6. The van der Waals surface area contributed by atoms with E-state index in [1.54, 1.807) is 16.8 Å². The highest BCUT2D eigenvalue weighted by Gasteiger charge is 2.30. The Labute approximate surface area is 205 Å². The van der Waals surface area contributed by atoms with E-state index in [1.807, 2.05) is 0 Å². The zero-order valence-corrected chi connectivity index (χ0v) is 20.2. The van der Waals surface area contributed by atoms with Crippen LogP contribution in [0.4, 0.5) is 11.6 Å². The Hall–Kier alpha value is -3.04. The molecular weight excluding hydrogens is 496 g/mol. The minimum Gasteiger partial charge on any atom is -0.448 e. The van der Waals surface area contributed by atoms with Gasteiger partial charge in [0.1, 0.15) is 17.1 Å². The molecule has 0 unspecified atom stereocenters. The summed E-state index contributed by atoms with van der Waals surface area (Å²) in [6, 6.07) is 10.2. The van der Waals surface area contributed by atoms with Gasteiger partial charge in [-0.3, -0.25) is 9.36 Å². The number of anilines is 2. The summed E-state index contributed by atoms with van der Waals surface area (Å²) in [7, 11) is 0. The van der Waals surface area contributed by atoms with Crippen LogP contribution in [0.25, 0.3) is 11.0 Å². The van der Waals surface area contributed by atoms with Crippen molar-refractivity contribution in [1.29, 1.82) is 0 Å². The number of halogens is 1. The third kappa shape index (κ3) is 4.25. The van der Waals surface area contributed by atoms with Crippen molar-refractivity contribution in [2.75, 3.05) is 18.4 Å². The minimum atomic E-state index is -0.159. The van der Waals surface area contributed by atoms with Gasteiger partial charge in [-0.15, -0.1) is 0 Å². The molecule has 34 heavy (non-hydrogen) atoms. The number of hydrogen-bond acceptors (Lipinski definition) is 7. The number of oxazole rings is 1. The first-order valence-electron chi connectivity index (χ1n) is 11.7. The highest BCUT2D eigenvalue weighted by molar-refractivity contribution is 9.10. The standard InChI is InChI=1S/C25H25BrN6O2/c26-20-11-18-12-28-25(30-19-5-3-15(4-6-19)16-7-9-27-10-8-16)31-23(18)32(24(20)33)13-21-22(17-1-2-17)34-14-29-21/h3-6,11-12,14,16-17,27H,1-2,7-10,13H2,(H,28,30,31). The molecule has 0 bridgehead atoms. The Bertz CT molecular complexity index is 1390. The first-order valence-corrected chi connectivity index (χ1v) is 12.5. The molecule has 1 saturated carbocycles. The van der Waals surface area contributed by atoms with Crippen molar-refractivity contribution in [3.63, 3.8) is 0 Å². The van der Waals surface area contributed by atoms with Crippen molar-refractivity contribution in [2.24, 2.45) is 0 Å². The molecule has 1 aromatic carbocycles. The average molecular weight is 521 g/mol. The van der Waals surface area contributed by atoms with E-state index in [9.17, 15) is 4.79 Å². The molecule has 6 rings (SSSR count). The van der Waals surface area contributed by atoms with Crippen molar-refractivity contribution in [1.82, 2.24) is 24.8 Å². The fraction of sp³-hybridized carbons (Fsp3) is 0.360. The van der Waals surface area contributed by atoms with Gasteiger partial charge >= 0.3 is 0 Å². The Balaban J connectivity index is 1.30. The van der Waals surface area contributed by atoms with Gasteiger partial charge in [-0.2, -0.15) is 4.98 Å². The number of piperidine rings is 1. The molecule has 0 spiro atoms. The summed E-state index contributed by atoms with van der Waals surface area (Å²) in [4.78, 5) is 26.6. The van der Waals surface area contributed by atoms with E-state index < -0.39 is 0 Å². The maximum absolute atomic E-state index is 13.0. The SMILES string of the molecule is O=c1c(Br)cc2cnc(Nc3ccc(C4CCNCC4)cc3)nc2n1Cc1ncoc1C1CC1. The highest BCUT2D eigenvalue weighted by atomic mass is 79.9. The number of pyridine rings is 1. The lowest BCUT2D eigenvalue weighted by molar-refractivity contribution is 0.460. The van der Waals surface area contributed by atoms with Gasteiger partial charge in [0.15, 0.2) is 6.39 Å². The maximum atomic E-state index is 13.0. The predicted molar refractivity (Wildman–Crippen MR) is 134 cm³/mol. The summed E-state index contributed by atoms with van der Waals surface area (Å²) in [5.74, 6) is 2.34. The van der Waals surface area contributed by atoms with Crippen LogP contribution in [0.3, 0.4) is 0 Å². The van der Waals surface area contributed by atoms with Crippen molar-refractivity contribution in [3.05, 3.63) is 74.8 Å². The van der Waals surface area contributed by atoms with Crippen LogP contribution in [0.15, 0.2) is 56.6 Å². The quantitative estimate of drug-likeness (QED) is 0.380. The Kier molecular flexibility index (Phi) is 5.66. The smallest absolute Gasteiger partial charge is 0.266 e. The molecule has 0 radical (unpaired) electrons. The van der Waals surface area contributed by atoms with Crippen LogP contribution < -0.4 is 16.2 Å². The number of nitrogens with one attached hydrogen (secondary N) is 2. The van der Waals surface area contributed by atoms with E-state index in [4.69, 9.17) is 9.40 Å². The van der Waals surface area contributed by atoms with Gasteiger partial charge in [0, 0.05) is 23.2 Å². The predicted octanol–water partition coefficient (Wildman–Crippen LogP) is 4.68. The molecule has 4 aromatic rings. The molecule has 174 valence electrons. The molecule has 1 aliphatic heterocycles. The van der Waals surface area contributed by atoms with E-state index in [0.29, 0.717) is 34.4 Å². The van der Waals surface area contributed by atoms with Crippen LogP contribution >= 0.6 is 15.9 Å². The summed E-state index contributed by atoms with van der Waals surface area (Å²) >= 11 is 3.39. The van der Waals surface area contributed by atoms with E-state index in [1.165, 1.54) is 24.8 Å². The van der Waals surface area contributed by atoms with Crippen LogP contribution in [0, 0.1) is 0 Å². The van der Waals surface area contributed by atoms with E-state index >= 15 is 0 Å². The van der Waals surface area contributed by atoms with Gasteiger partial charge in [-0.1, -0.05) is 12.1 Å². The molecule has 1 aliphatic carbocycles. The zero-order chi connectivity index (χ0) is 23.1. The van der Waals surface area contributed by atoms with E-state index in [-0.39, 0.29) is 5.56 Å². The summed E-state index contributed by atoms with van der Waals surface area (Å²) in [5.41, 5.74) is 3.46. The van der Waals surface area contributed by atoms with Crippen LogP contribution in [-0.2, 0) is 6.54 Å². The number of fused-ring (bicyclic) bond motifs is 1. The largest absolute Gasteiger partial charge is 0.448 e. The van der Waals surface area contributed by atoms with Crippen LogP contribution in [0.5, 0.6) is 0 Å². The van der Waals surface area contributed by atoms with E-state index in [2.05, 4.69) is 60.8 Å². The van der Waals surface area contributed by atoms with Crippen molar-refractivity contribution in [3.8, 4) is 0 Å². The Morgan fingerprint density at radius 2 is 1.88 bits per heavy atom. The zero-order valence-electron chi connectivity index (χ0n) is 18.6. The number of hydrogen-bond donors (Lipinski definition) is 2. The topological polar surface area (TPSA) is 97.9 Å². The molecule has 9 heteroatoms. The minimum absolute atomic E-state index is 0.159. The van der Waals surface area contributed by atoms with Crippen LogP contribution in [-0.4, -0.2) is 32.6 Å². The Morgan fingerprint density at radius 3 is 2.65 bits per heavy atom. The molecule has 2 N–H and O–H groups in total. The number of aromatic nitrogens is 4. The highest BCUT2D eigenvalue weighted by Crippen LogP contribution is 2.41. The summed E-state index contributed by atoms with van der Waals surface area (Å²) < 4.78 is 7.71. The van der Waals surface area contributed by atoms with Crippen LogP contribution in [0.1, 0.15) is 54.5 Å². The van der Waals surface area contributed by atoms with Gasteiger partial charge in [-0.05, 0) is 84.4 Å². The molecule has 2 fully saturated rings. The lowest BCUT2D eigenvalue weighted by Crippen LogP contribution is -2.26. The summed E-state index contributed by atoms with van der Waals surface area (Å²) in [5, 5.41) is 7.48. The van der Waals surface area contributed by atoms with E-state index in [0.717, 1.165) is 48.5 Å². The first kappa shape index (κ1) is 21.5. The van der Waals surface area contributed by atoms with Gasteiger partial charge in [0.25, 0.3) is 5.56 Å². The van der Waals surface area contributed by atoms with Gasteiger partial charge in [-0.25, -0.2) is 9.97 Å². The number of nitrogens with zero attached hydrogens (tertiary/aromatic N) is 4. The molecule has 4 heterocycles. The fourth-order valence-corrected chi connectivity index (χ4v) is 5.14. The molecule has 3 aromatic heterocycles. The molecule has 2 aliphatic rings. The first-order chi connectivity index (χ1) is 16.7. The summed E-state index contributed by atoms with van der Waals surface area (Å²) in [6.07, 6.45) is 7.73. The van der Waals surface area contributed by atoms with Crippen LogP contribution in [0.2, 0.25) is 0 Å². The lowest BCUT2D eigenvalue weighted by atomic mass is 9.90. The van der Waals surface area contributed by atoms with Gasteiger partial charge < -0.3 is 15.1 Å².